The van der Waals surface area contributed by atoms with Gasteiger partial charge in [-0.3, -0.25) is 0 Å². The number of aryl methyl sites for hydroxylation is 2. The monoisotopic (exact) mass is 940 g/mol. The summed E-state index contributed by atoms with van der Waals surface area (Å²) in [6, 6.07) is 35.8. The Balaban J connectivity index is 0.000000223. The molecule has 0 bridgehead atoms. The van der Waals surface area contributed by atoms with Gasteiger partial charge in [0, 0.05) is 37.3 Å². The smallest absolute Gasteiger partial charge is 0.216 e. The number of hydrogen-bond donors (Lipinski definition) is 0. The predicted molar refractivity (Wildman–Crippen MR) is 222 cm³/mol. The van der Waals surface area contributed by atoms with Gasteiger partial charge in [-0.1, -0.05) is 61.5 Å². The Morgan fingerprint density at radius 1 is 0.736 bits per heavy atom. The van der Waals surface area contributed by atoms with Crippen molar-refractivity contribution in [1.29, 1.82) is 0 Å². The van der Waals surface area contributed by atoms with E-state index in [0.29, 0.717) is 23.5 Å². The molecule has 4 nitrogen and oxygen atoms in total. The van der Waals surface area contributed by atoms with E-state index in [0.717, 1.165) is 51.0 Å². The quantitative estimate of drug-likeness (QED) is 0.113. The molecule has 0 saturated heterocycles. The summed E-state index contributed by atoms with van der Waals surface area (Å²) in [5, 5.41) is 2.05. The second-order valence-electron chi connectivity index (χ2n) is 15.9. The van der Waals surface area contributed by atoms with Crippen molar-refractivity contribution < 1.29 is 24.5 Å². The van der Waals surface area contributed by atoms with Crippen LogP contribution in [0.5, 0.6) is 0 Å². The Kier molecular flexibility index (Phi) is 13.0. The molecule has 7 aromatic rings. The molecule has 0 saturated carbocycles. The zero-order valence-corrected chi connectivity index (χ0v) is 37.3. The van der Waals surface area contributed by atoms with Crippen LogP contribution in [0.4, 0.5) is 0 Å². The molecule has 275 valence electrons. The first-order valence-electron chi connectivity index (χ1n) is 18.5. The number of pyridine rings is 3. The summed E-state index contributed by atoms with van der Waals surface area (Å²) in [6.45, 7) is 15.6. The van der Waals surface area contributed by atoms with Crippen molar-refractivity contribution >= 4 is 39.7 Å². The third-order valence-corrected chi connectivity index (χ3v) is 14.3. The fraction of sp³-hybridized carbons (Fsp3) is 0.298. The van der Waals surface area contributed by atoms with Gasteiger partial charge >= 0.3 is 126 Å². The molecule has 1 radical (unpaired) electrons. The number of furan rings is 1. The topological polar surface area (TPSA) is 51.8 Å². The molecule has 53 heavy (non-hydrogen) atoms. The summed E-state index contributed by atoms with van der Waals surface area (Å²) in [4.78, 5) is 14.3. The Hall–Kier alpha value is -3.90. The van der Waals surface area contributed by atoms with E-state index in [2.05, 4.69) is 144 Å². The van der Waals surface area contributed by atoms with Crippen LogP contribution in [0, 0.1) is 37.8 Å². The van der Waals surface area contributed by atoms with Crippen molar-refractivity contribution in [3.8, 4) is 33.8 Å². The molecule has 0 aliphatic rings. The van der Waals surface area contributed by atoms with E-state index in [1.807, 2.05) is 36.5 Å². The summed E-state index contributed by atoms with van der Waals surface area (Å²) in [5.74, 6) is 9.00. The van der Waals surface area contributed by atoms with Crippen molar-refractivity contribution in [2.24, 2.45) is 11.8 Å². The van der Waals surface area contributed by atoms with Gasteiger partial charge in [-0.25, -0.2) is 4.98 Å². The SMILES string of the molecule is CC(C)Cc1cc(-c2[c-]cccc2)nc[c]1[Ge]([CH3])([CH3])[CH3].Cc1cccc(C)c1-c1ccc2c(n1)oc1c(-c3cc(C(C)C(C)C)ccn3)[c-]ccc12.[Ir]. The van der Waals surface area contributed by atoms with Crippen LogP contribution in [0.1, 0.15) is 62.8 Å². The number of benzene rings is 3. The van der Waals surface area contributed by atoms with Gasteiger partial charge in [0.25, 0.3) is 0 Å². The summed E-state index contributed by atoms with van der Waals surface area (Å²) in [7, 11) is 0. The van der Waals surface area contributed by atoms with Gasteiger partial charge in [-0.05, 0) is 60.7 Å². The van der Waals surface area contributed by atoms with Crippen molar-refractivity contribution in [2.45, 2.75) is 78.1 Å². The van der Waals surface area contributed by atoms with Crippen LogP contribution in [0.3, 0.4) is 0 Å². The minimum atomic E-state index is -1.86. The van der Waals surface area contributed by atoms with Crippen LogP contribution in [0.15, 0.2) is 102 Å². The fourth-order valence-electron chi connectivity index (χ4n) is 6.90. The summed E-state index contributed by atoms with van der Waals surface area (Å²) >= 11 is -1.86. The van der Waals surface area contributed by atoms with Gasteiger partial charge in [-0.2, -0.15) is 0 Å². The zero-order valence-electron chi connectivity index (χ0n) is 32.8. The maximum Gasteiger partial charge on any atom is 0.216 e. The van der Waals surface area contributed by atoms with Crippen LogP contribution in [0.25, 0.3) is 55.8 Å². The van der Waals surface area contributed by atoms with Crippen molar-refractivity contribution in [3.05, 3.63) is 132 Å². The van der Waals surface area contributed by atoms with E-state index in [9.17, 15) is 0 Å². The third kappa shape index (κ3) is 9.08. The number of aromatic nitrogens is 3. The average Bonchev–Trinajstić information content (AvgIpc) is 3.49. The van der Waals surface area contributed by atoms with E-state index in [4.69, 9.17) is 14.4 Å². The fourth-order valence-corrected chi connectivity index (χ4v) is 10.2. The summed E-state index contributed by atoms with van der Waals surface area (Å²) in [6.07, 6.45) is 5.16. The number of fused-ring (bicyclic) bond motifs is 3. The molecule has 0 aliphatic carbocycles. The number of hydrogen-bond acceptors (Lipinski definition) is 4. The first kappa shape index (κ1) is 40.3. The van der Waals surface area contributed by atoms with Gasteiger partial charge < -0.3 is 9.40 Å². The molecule has 0 amide bonds. The molecule has 3 aromatic carbocycles. The van der Waals surface area contributed by atoms with Gasteiger partial charge in [-0.15, -0.1) is 18.2 Å². The molecule has 0 aliphatic heterocycles. The zero-order chi connectivity index (χ0) is 37.2. The predicted octanol–water partition coefficient (Wildman–Crippen LogP) is 12.2. The average molecular weight is 939 g/mol. The molecule has 4 heterocycles. The van der Waals surface area contributed by atoms with E-state index in [-0.39, 0.29) is 20.1 Å². The van der Waals surface area contributed by atoms with Crippen molar-refractivity contribution in [1.82, 2.24) is 15.0 Å². The number of nitrogens with zero attached hydrogens (tertiary/aromatic N) is 3. The normalized spacial score (nSPS) is 12.2. The Labute approximate surface area is 332 Å². The van der Waals surface area contributed by atoms with Crippen molar-refractivity contribution in [3.63, 3.8) is 0 Å². The largest absolute Gasteiger partial charge is 0.486 e. The standard InChI is InChI=1S/C29H27N2O.C18H24GeN.Ir/c1-17(2)20(5)21-14-15-30-26(16-21)24-11-7-10-22-23-12-13-25(31-29(23)32-28(22)24)27-18(3)8-6-9-19(27)4;1-14(2)11-16-12-18(15-9-7-6-8-10-15)20-13-17(16)19(3,4)5;/h6-10,12-17,20H,1-5H3;6-9,12-14H,11H2,1-5H3;/q2*-1;. The van der Waals surface area contributed by atoms with Crippen LogP contribution in [-0.4, -0.2) is 28.2 Å². The molecule has 1 atom stereocenters. The summed E-state index contributed by atoms with van der Waals surface area (Å²) < 4.78 is 7.89. The van der Waals surface area contributed by atoms with E-state index in [1.165, 1.54) is 27.8 Å². The Morgan fingerprint density at radius 2 is 1.49 bits per heavy atom. The Morgan fingerprint density at radius 3 is 2.15 bits per heavy atom. The van der Waals surface area contributed by atoms with Crippen LogP contribution in [-0.2, 0) is 26.5 Å². The van der Waals surface area contributed by atoms with Crippen LogP contribution >= 0.6 is 0 Å². The van der Waals surface area contributed by atoms with Crippen LogP contribution < -0.4 is 4.40 Å². The molecule has 1 unspecified atom stereocenters. The van der Waals surface area contributed by atoms with E-state index in [1.54, 1.807) is 4.40 Å². The molecule has 4 aromatic heterocycles. The maximum atomic E-state index is 6.35. The van der Waals surface area contributed by atoms with Crippen molar-refractivity contribution in [2.75, 3.05) is 0 Å². The molecule has 6 heteroatoms. The van der Waals surface area contributed by atoms with Gasteiger partial charge in [0.1, 0.15) is 0 Å². The van der Waals surface area contributed by atoms with E-state index >= 15 is 0 Å². The molecular formula is C47H51GeIrN3O-2. The first-order chi connectivity index (χ1) is 24.8. The van der Waals surface area contributed by atoms with Crippen LogP contribution in [0.2, 0.25) is 17.3 Å². The molecular weight excluding hydrogens is 887 g/mol. The molecule has 0 fully saturated rings. The first-order valence-corrected chi connectivity index (χ1v) is 25.9. The Bertz CT molecular complexity index is 2300. The van der Waals surface area contributed by atoms with Gasteiger partial charge in [0.2, 0.25) is 5.71 Å². The third-order valence-electron chi connectivity index (χ3n) is 10.0. The second-order valence-corrected chi connectivity index (χ2v) is 26.4. The number of rotatable bonds is 8. The molecule has 0 spiro atoms. The summed E-state index contributed by atoms with van der Waals surface area (Å²) in [5.41, 5.74) is 12.6. The maximum absolute atomic E-state index is 6.35. The minimum Gasteiger partial charge on any atom is -0.486 e. The molecule has 0 N–H and O–H groups in total. The second kappa shape index (κ2) is 17.1. The van der Waals surface area contributed by atoms with E-state index < -0.39 is 13.3 Å². The molecule has 7 rings (SSSR count). The van der Waals surface area contributed by atoms with Gasteiger partial charge in [0.05, 0.1) is 11.3 Å². The minimum absolute atomic E-state index is 0. The van der Waals surface area contributed by atoms with Gasteiger partial charge in [0.15, 0.2) is 0 Å².